The van der Waals surface area contributed by atoms with Gasteiger partial charge in [-0.3, -0.25) is 14.7 Å². The molecule has 8 heteroatoms. The number of aliphatic carboxylic acids is 1. The van der Waals surface area contributed by atoms with Crippen LogP contribution in [0.25, 0.3) is 0 Å². The molecule has 1 saturated heterocycles. The standard InChI is InChI=1S/C18H26N4O4/c1-10-14(11(2)21-20-10)15(18(25)26)19-16(23)12-6-8-22(9-7-12)17(24)13-4-3-5-13/h12-13,15H,3-9H2,1-2H3,(H,19,23)(H,20,21)(H,25,26)/t15-/m1/s1. The monoisotopic (exact) mass is 362 g/mol. The van der Waals surface area contributed by atoms with Gasteiger partial charge in [-0.25, -0.2) is 4.79 Å². The number of likely N-dealkylation sites (tertiary alicyclic amines) is 1. The Kier molecular flexibility index (Phi) is 5.29. The normalized spacial score (nSPS) is 19.7. The van der Waals surface area contributed by atoms with Crippen molar-refractivity contribution in [2.24, 2.45) is 11.8 Å². The molecule has 0 radical (unpaired) electrons. The van der Waals surface area contributed by atoms with Crippen molar-refractivity contribution in [2.45, 2.75) is 52.0 Å². The average molecular weight is 362 g/mol. The third-order valence-electron chi connectivity index (χ3n) is 5.64. The number of carboxylic acids is 1. The van der Waals surface area contributed by atoms with Crippen LogP contribution in [-0.4, -0.2) is 51.1 Å². The maximum Gasteiger partial charge on any atom is 0.331 e. The molecule has 1 aromatic heterocycles. The smallest absolute Gasteiger partial charge is 0.331 e. The minimum atomic E-state index is -1.11. The Balaban J connectivity index is 1.59. The number of carbonyl (C=O) groups is 3. The molecule has 2 fully saturated rings. The molecule has 1 saturated carbocycles. The molecule has 3 rings (SSSR count). The minimum Gasteiger partial charge on any atom is -0.479 e. The van der Waals surface area contributed by atoms with E-state index in [2.05, 4.69) is 15.5 Å². The minimum absolute atomic E-state index is 0.170. The summed E-state index contributed by atoms with van der Waals surface area (Å²) < 4.78 is 0. The lowest BCUT2D eigenvalue weighted by Gasteiger charge is -2.36. The fourth-order valence-corrected chi connectivity index (χ4v) is 3.78. The summed E-state index contributed by atoms with van der Waals surface area (Å²) in [6, 6.07) is -1.11. The zero-order chi connectivity index (χ0) is 18.8. The number of carboxylic acid groups (broad SMARTS) is 1. The van der Waals surface area contributed by atoms with Gasteiger partial charge in [-0.15, -0.1) is 0 Å². The first-order valence-electron chi connectivity index (χ1n) is 9.22. The predicted molar refractivity (Wildman–Crippen MR) is 93.2 cm³/mol. The number of nitrogens with zero attached hydrogens (tertiary/aromatic N) is 2. The number of amides is 2. The predicted octanol–water partition coefficient (Wildman–Crippen LogP) is 1.31. The fourth-order valence-electron chi connectivity index (χ4n) is 3.78. The molecule has 3 N–H and O–H groups in total. The van der Waals surface area contributed by atoms with Gasteiger partial charge in [-0.05, 0) is 39.5 Å². The van der Waals surface area contributed by atoms with Crippen LogP contribution < -0.4 is 5.32 Å². The fraction of sp³-hybridized carbons (Fsp3) is 0.667. The van der Waals surface area contributed by atoms with Gasteiger partial charge in [0.15, 0.2) is 6.04 Å². The number of H-pyrrole nitrogens is 1. The number of aryl methyl sites for hydroxylation is 2. The molecule has 1 atom stereocenters. The van der Waals surface area contributed by atoms with Crippen LogP contribution in [0.3, 0.4) is 0 Å². The molecule has 142 valence electrons. The third-order valence-corrected chi connectivity index (χ3v) is 5.64. The largest absolute Gasteiger partial charge is 0.479 e. The zero-order valence-corrected chi connectivity index (χ0v) is 15.2. The summed E-state index contributed by atoms with van der Waals surface area (Å²) >= 11 is 0. The third kappa shape index (κ3) is 3.59. The Morgan fingerprint density at radius 2 is 1.81 bits per heavy atom. The SMILES string of the molecule is Cc1n[nH]c(C)c1[C@@H](NC(=O)C1CCN(C(=O)C2CCC2)CC1)C(=O)O. The van der Waals surface area contributed by atoms with Gasteiger partial charge in [0.2, 0.25) is 11.8 Å². The van der Waals surface area contributed by atoms with Crippen molar-refractivity contribution < 1.29 is 19.5 Å². The molecule has 1 aliphatic heterocycles. The van der Waals surface area contributed by atoms with Gasteiger partial charge in [-0.1, -0.05) is 6.42 Å². The molecule has 0 spiro atoms. The van der Waals surface area contributed by atoms with Crippen molar-refractivity contribution in [3.63, 3.8) is 0 Å². The van der Waals surface area contributed by atoms with Crippen molar-refractivity contribution in [1.82, 2.24) is 20.4 Å². The van der Waals surface area contributed by atoms with Crippen LogP contribution in [0.4, 0.5) is 0 Å². The van der Waals surface area contributed by atoms with Crippen LogP contribution in [0.5, 0.6) is 0 Å². The Morgan fingerprint density at radius 3 is 2.27 bits per heavy atom. The van der Waals surface area contributed by atoms with Crippen LogP contribution in [0.1, 0.15) is 55.1 Å². The van der Waals surface area contributed by atoms with Gasteiger partial charge in [0.1, 0.15) is 0 Å². The van der Waals surface area contributed by atoms with Crippen LogP contribution in [-0.2, 0) is 14.4 Å². The summed E-state index contributed by atoms with van der Waals surface area (Å²) in [5.41, 5.74) is 1.70. The maximum atomic E-state index is 12.6. The number of hydrogen-bond donors (Lipinski definition) is 3. The number of carbonyl (C=O) groups excluding carboxylic acids is 2. The topological polar surface area (TPSA) is 115 Å². The molecule has 0 bridgehead atoms. The highest BCUT2D eigenvalue weighted by molar-refractivity contribution is 5.86. The van der Waals surface area contributed by atoms with Gasteiger partial charge in [0, 0.05) is 36.2 Å². The number of rotatable bonds is 5. The Morgan fingerprint density at radius 1 is 1.15 bits per heavy atom. The van der Waals surface area contributed by atoms with Crippen molar-refractivity contribution >= 4 is 17.8 Å². The quantitative estimate of drug-likeness (QED) is 0.730. The molecular formula is C18H26N4O4. The second-order valence-electron chi connectivity index (χ2n) is 7.35. The summed E-state index contributed by atoms with van der Waals surface area (Å²) in [5.74, 6) is -1.27. The second kappa shape index (κ2) is 7.47. The summed E-state index contributed by atoms with van der Waals surface area (Å²) in [4.78, 5) is 38.4. The van der Waals surface area contributed by atoms with Gasteiger partial charge in [0.25, 0.3) is 0 Å². The molecule has 1 aromatic rings. The molecule has 2 amide bonds. The van der Waals surface area contributed by atoms with E-state index in [-0.39, 0.29) is 23.7 Å². The second-order valence-corrected chi connectivity index (χ2v) is 7.35. The van der Waals surface area contributed by atoms with Gasteiger partial charge < -0.3 is 15.3 Å². The van der Waals surface area contributed by atoms with E-state index in [1.807, 2.05) is 4.90 Å². The van der Waals surface area contributed by atoms with E-state index in [0.29, 0.717) is 42.9 Å². The highest BCUT2D eigenvalue weighted by Crippen LogP contribution is 2.30. The summed E-state index contributed by atoms with van der Waals surface area (Å²) in [5, 5.41) is 19.0. The Labute approximate surface area is 152 Å². The molecular weight excluding hydrogens is 336 g/mol. The Hall–Kier alpha value is -2.38. The number of piperidine rings is 1. The summed E-state index contributed by atoms with van der Waals surface area (Å²) in [6.45, 7) is 4.58. The molecule has 2 aliphatic rings. The molecule has 2 heterocycles. The molecule has 1 aliphatic carbocycles. The first kappa shape index (κ1) is 18.4. The molecule has 0 unspecified atom stereocenters. The average Bonchev–Trinajstić information content (AvgIpc) is 2.89. The first-order valence-corrected chi connectivity index (χ1v) is 9.22. The lowest BCUT2D eigenvalue weighted by Crippen LogP contribution is -2.47. The highest BCUT2D eigenvalue weighted by Gasteiger charge is 2.35. The van der Waals surface area contributed by atoms with E-state index in [4.69, 9.17) is 0 Å². The zero-order valence-electron chi connectivity index (χ0n) is 15.2. The van der Waals surface area contributed by atoms with E-state index in [9.17, 15) is 19.5 Å². The summed E-state index contributed by atoms with van der Waals surface area (Å²) in [6.07, 6.45) is 4.21. The number of hydrogen-bond acceptors (Lipinski definition) is 4. The first-order chi connectivity index (χ1) is 12.4. The van der Waals surface area contributed by atoms with E-state index in [1.54, 1.807) is 13.8 Å². The number of aromatic nitrogens is 2. The molecule has 26 heavy (non-hydrogen) atoms. The lowest BCUT2D eigenvalue weighted by molar-refractivity contribution is -0.144. The van der Waals surface area contributed by atoms with Crippen molar-refractivity contribution in [2.75, 3.05) is 13.1 Å². The van der Waals surface area contributed by atoms with Gasteiger partial charge in [-0.2, -0.15) is 5.10 Å². The highest BCUT2D eigenvalue weighted by atomic mass is 16.4. The summed E-state index contributed by atoms with van der Waals surface area (Å²) in [7, 11) is 0. The van der Waals surface area contributed by atoms with Crippen LogP contribution in [0.2, 0.25) is 0 Å². The van der Waals surface area contributed by atoms with E-state index >= 15 is 0 Å². The number of aromatic amines is 1. The van der Waals surface area contributed by atoms with Crippen molar-refractivity contribution in [3.8, 4) is 0 Å². The molecule has 0 aromatic carbocycles. The van der Waals surface area contributed by atoms with Gasteiger partial charge in [0.05, 0.1) is 5.69 Å². The lowest BCUT2D eigenvalue weighted by atomic mass is 9.83. The van der Waals surface area contributed by atoms with E-state index in [0.717, 1.165) is 19.3 Å². The number of nitrogens with one attached hydrogen (secondary N) is 2. The van der Waals surface area contributed by atoms with E-state index in [1.165, 1.54) is 0 Å². The van der Waals surface area contributed by atoms with Gasteiger partial charge >= 0.3 is 5.97 Å². The maximum absolute atomic E-state index is 12.6. The Bertz CT molecular complexity index is 683. The van der Waals surface area contributed by atoms with E-state index < -0.39 is 12.0 Å². The van der Waals surface area contributed by atoms with Crippen LogP contribution in [0.15, 0.2) is 0 Å². The van der Waals surface area contributed by atoms with Crippen LogP contribution >= 0.6 is 0 Å². The van der Waals surface area contributed by atoms with Crippen molar-refractivity contribution in [3.05, 3.63) is 17.0 Å². The molecule has 8 nitrogen and oxygen atoms in total. The van der Waals surface area contributed by atoms with Crippen LogP contribution in [0, 0.1) is 25.7 Å². The van der Waals surface area contributed by atoms with Crippen molar-refractivity contribution in [1.29, 1.82) is 0 Å².